The topological polar surface area (TPSA) is 106 Å². The van der Waals surface area contributed by atoms with Crippen molar-refractivity contribution in [2.24, 2.45) is 0 Å². The molecule has 1 amide bonds. The van der Waals surface area contributed by atoms with Crippen LogP contribution >= 0.6 is 0 Å². The van der Waals surface area contributed by atoms with Gasteiger partial charge in [-0.25, -0.2) is 4.79 Å². The summed E-state index contributed by atoms with van der Waals surface area (Å²) in [5.74, 6) is 0.649. The second-order valence-electron chi connectivity index (χ2n) is 11.6. The number of ether oxygens (including phenoxy) is 2. The Labute approximate surface area is 249 Å². The molecule has 1 aliphatic carbocycles. The van der Waals surface area contributed by atoms with E-state index in [0.717, 1.165) is 46.3 Å². The first-order chi connectivity index (χ1) is 21.0. The molecule has 3 N–H and O–H groups in total. The number of aromatic amines is 1. The number of carbonyl (C=O) groups is 2. The Bertz CT molecular complexity index is 1850. The van der Waals surface area contributed by atoms with Crippen molar-refractivity contribution in [2.45, 2.75) is 57.0 Å². The van der Waals surface area contributed by atoms with Crippen LogP contribution in [-0.4, -0.2) is 46.3 Å². The Hall–Kier alpha value is -4.72. The van der Waals surface area contributed by atoms with E-state index in [0.29, 0.717) is 24.6 Å². The molecule has 5 aromatic rings. The molecule has 8 nitrogen and oxygen atoms in total. The Balaban J connectivity index is 1.25. The highest BCUT2D eigenvalue weighted by molar-refractivity contribution is 6.02. The van der Waals surface area contributed by atoms with Gasteiger partial charge in [-0.1, -0.05) is 37.5 Å². The summed E-state index contributed by atoms with van der Waals surface area (Å²) in [5.41, 5.74) is 6.73. The van der Waals surface area contributed by atoms with Gasteiger partial charge in [0, 0.05) is 45.0 Å². The molecule has 1 saturated carbocycles. The monoisotopic (exact) mass is 577 g/mol. The van der Waals surface area contributed by atoms with Crippen molar-refractivity contribution < 1.29 is 24.2 Å². The molecule has 1 fully saturated rings. The van der Waals surface area contributed by atoms with Crippen LogP contribution in [0.1, 0.15) is 59.6 Å². The first-order valence-corrected chi connectivity index (χ1v) is 15.1. The molecule has 0 radical (unpaired) electrons. The van der Waals surface area contributed by atoms with Gasteiger partial charge in [-0.15, -0.1) is 0 Å². The maximum absolute atomic E-state index is 13.7. The summed E-state index contributed by atoms with van der Waals surface area (Å²) in [7, 11) is 1.32. The zero-order chi connectivity index (χ0) is 29.5. The Morgan fingerprint density at radius 3 is 2.74 bits per heavy atom. The summed E-state index contributed by atoms with van der Waals surface area (Å²) in [6.45, 7) is 1.22. The molecular formula is C35H35N3O5. The van der Waals surface area contributed by atoms with E-state index in [9.17, 15) is 14.7 Å². The van der Waals surface area contributed by atoms with Crippen LogP contribution in [0.4, 0.5) is 0 Å². The van der Waals surface area contributed by atoms with Crippen molar-refractivity contribution in [3.8, 4) is 22.8 Å². The van der Waals surface area contributed by atoms with Gasteiger partial charge in [-0.2, -0.15) is 0 Å². The van der Waals surface area contributed by atoms with E-state index >= 15 is 0 Å². The van der Waals surface area contributed by atoms with Crippen molar-refractivity contribution >= 4 is 33.7 Å². The van der Waals surface area contributed by atoms with Crippen molar-refractivity contribution in [2.75, 3.05) is 13.7 Å². The summed E-state index contributed by atoms with van der Waals surface area (Å²) < 4.78 is 13.5. The van der Waals surface area contributed by atoms with E-state index in [4.69, 9.17) is 9.47 Å². The number of amides is 1. The highest BCUT2D eigenvalue weighted by atomic mass is 16.5. The van der Waals surface area contributed by atoms with Crippen LogP contribution in [0.5, 0.6) is 11.5 Å². The van der Waals surface area contributed by atoms with Gasteiger partial charge in [0.25, 0.3) is 5.91 Å². The predicted octanol–water partition coefficient (Wildman–Crippen LogP) is 6.45. The number of methoxy groups -OCH3 is 1. The highest BCUT2D eigenvalue weighted by Gasteiger charge is 2.30. The minimum atomic E-state index is -0.891. The second kappa shape index (κ2) is 11.2. The fraction of sp³-hybridized carbons (Fsp3) is 0.314. The van der Waals surface area contributed by atoms with Gasteiger partial charge in [0.2, 0.25) is 0 Å². The maximum atomic E-state index is 13.7. The third-order valence-corrected chi connectivity index (χ3v) is 8.97. The molecular weight excluding hydrogens is 542 g/mol. The summed E-state index contributed by atoms with van der Waals surface area (Å²) in [6, 6.07) is 20.2. The van der Waals surface area contributed by atoms with Gasteiger partial charge >= 0.3 is 5.97 Å². The number of rotatable bonds is 6. The number of fused-ring (bicyclic) bond motifs is 6. The van der Waals surface area contributed by atoms with Crippen molar-refractivity contribution in [3.05, 3.63) is 83.6 Å². The lowest BCUT2D eigenvalue weighted by Gasteiger charge is -2.23. The van der Waals surface area contributed by atoms with Gasteiger partial charge in [0.1, 0.15) is 24.1 Å². The van der Waals surface area contributed by atoms with E-state index in [2.05, 4.69) is 33.1 Å². The number of aromatic hydroxyl groups is 1. The van der Waals surface area contributed by atoms with Crippen LogP contribution in [0.2, 0.25) is 0 Å². The highest BCUT2D eigenvalue weighted by Crippen LogP contribution is 2.47. The van der Waals surface area contributed by atoms with Crippen molar-refractivity contribution in [1.82, 2.24) is 14.9 Å². The number of H-pyrrole nitrogens is 1. The zero-order valence-corrected chi connectivity index (χ0v) is 24.2. The number of esters is 1. The number of aromatic nitrogens is 2. The van der Waals surface area contributed by atoms with Gasteiger partial charge in [-0.05, 0) is 72.9 Å². The summed E-state index contributed by atoms with van der Waals surface area (Å²) in [6.07, 6.45) is 6.26. The molecule has 43 heavy (non-hydrogen) atoms. The van der Waals surface area contributed by atoms with Crippen LogP contribution in [0.3, 0.4) is 0 Å². The normalized spacial score (nSPS) is 15.7. The van der Waals surface area contributed by atoms with E-state index in [1.165, 1.54) is 43.0 Å². The third kappa shape index (κ3) is 5.01. The van der Waals surface area contributed by atoms with Gasteiger partial charge in [-0.3, -0.25) is 4.79 Å². The van der Waals surface area contributed by atoms with Crippen LogP contribution in [-0.2, 0) is 22.5 Å². The lowest BCUT2D eigenvalue weighted by molar-refractivity contribution is -0.142. The number of nitrogens with one attached hydrogen (secondary N) is 2. The smallest absolute Gasteiger partial charge is 0.328 e. The van der Waals surface area contributed by atoms with Crippen molar-refractivity contribution in [3.63, 3.8) is 0 Å². The number of hydrogen-bond acceptors (Lipinski definition) is 5. The standard InChI is InChI=1S/C35H35N3O5/c1-42-35(41)29(20-24-17-23-18-25(39)12-14-28(23)36-24)37-34(40)22-11-13-26-30(19-22)38-15-16-43-31-10-6-5-9-27(31)33(38)32(26)21-7-3-2-4-8-21/h5-6,9-14,17-19,21,29,36,39H,2-4,7-8,15-16,20H2,1H3,(H,37,40). The van der Waals surface area contributed by atoms with E-state index in [1.807, 2.05) is 30.3 Å². The number of benzene rings is 3. The first-order valence-electron chi connectivity index (χ1n) is 15.1. The largest absolute Gasteiger partial charge is 0.508 e. The number of carbonyl (C=O) groups excluding carboxylic acids is 2. The number of nitrogens with zero attached hydrogens (tertiary/aromatic N) is 1. The SMILES string of the molecule is COC(=O)C(Cc1cc2cc(O)ccc2[nH]1)NC(=O)c1ccc2c(C3CCCCC3)c3n(c2c1)CCOc1ccccc1-3. The Morgan fingerprint density at radius 2 is 1.91 bits per heavy atom. The molecule has 2 aromatic heterocycles. The zero-order valence-electron chi connectivity index (χ0n) is 24.2. The maximum Gasteiger partial charge on any atom is 0.328 e. The molecule has 0 spiro atoms. The number of phenolic OH excluding ortho intramolecular Hbond substituents is 1. The molecule has 1 aliphatic heterocycles. The predicted molar refractivity (Wildman–Crippen MR) is 166 cm³/mol. The number of phenols is 1. The molecule has 1 atom stereocenters. The van der Waals surface area contributed by atoms with Gasteiger partial charge < -0.3 is 29.4 Å². The van der Waals surface area contributed by atoms with E-state index in [1.54, 1.807) is 18.2 Å². The number of para-hydroxylation sites is 1. The minimum absolute atomic E-state index is 0.163. The Morgan fingerprint density at radius 1 is 1.07 bits per heavy atom. The number of hydrogen-bond donors (Lipinski definition) is 3. The fourth-order valence-corrected chi connectivity index (χ4v) is 6.97. The Kier molecular flexibility index (Phi) is 7.05. The van der Waals surface area contributed by atoms with Gasteiger partial charge in [0.05, 0.1) is 19.3 Å². The van der Waals surface area contributed by atoms with E-state index in [-0.39, 0.29) is 18.1 Å². The van der Waals surface area contributed by atoms with Crippen LogP contribution in [0, 0.1) is 0 Å². The molecule has 2 aliphatic rings. The molecule has 3 aromatic carbocycles. The van der Waals surface area contributed by atoms with Crippen LogP contribution in [0.15, 0.2) is 66.7 Å². The van der Waals surface area contributed by atoms with Crippen molar-refractivity contribution in [1.29, 1.82) is 0 Å². The van der Waals surface area contributed by atoms with Gasteiger partial charge in [0.15, 0.2) is 0 Å². The second-order valence-corrected chi connectivity index (χ2v) is 11.6. The summed E-state index contributed by atoms with van der Waals surface area (Å²) in [5, 5.41) is 14.7. The fourth-order valence-electron chi connectivity index (χ4n) is 6.97. The molecule has 8 heteroatoms. The summed E-state index contributed by atoms with van der Waals surface area (Å²) >= 11 is 0. The molecule has 3 heterocycles. The third-order valence-electron chi connectivity index (χ3n) is 8.97. The quantitative estimate of drug-likeness (QED) is 0.201. The van der Waals surface area contributed by atoms with E-state index < -0.39 is 12.0 Å². The first kappa shape index (κ1) is 27.1. The van der Waals surface area contributed by atoms with Crippen LogP contribution < -0.4 is 10.1 Å². The molecule has 0 bridgehead atoms. The lowest BCUT2D eigenvalue weighted by atomic mass is 9.81. The molecule has 220 valence electrons. The molecule has 0 saturated heterocycles. The lowest BCUT2D eigenvalue weighted by Crippen LogP contribution is -2.43. The summed E-state index contributed by atoms with van der Waals surface area (Å²) in [4.78, 5) is 29.7. The molecule has 1 unspecified atom stereocenters. The minimum Gasteiger partial charge on any atom is -0.508 e. The van der Waals surface area contributed by atoms with Crippen LogP contribution in [0.25, 0.3) is 33.1 Å². The molecule has 7 rings (SSSR count). The average Bonchev–Trinajstić information content (AvgIpc) is 3.51. The average molecular weight is 578 g/mol.